The van der Waals surface area contributed by atoms with Gasteiger partial charge in [0.25, 0.3) is 5.56 Å². The lowest BCUT2D eigenvalue weighted by atomic mass is 10.1. The lowest BCUT2D eigenvalue weighted by molar-refractivity contribution is 0.355. The number of aromatic amines is 1. The summed E-state index contributed by atoms with van der Waals surface area (Å²) in [6.07, 6.45) is 0. The minimum absolute atomic E-state index is 0.0319. The van der Waals surface area contributed by atoms with Crippen LogP contribution in [-0.4, -0.2) is 41.2 Å². The Bertz CT molecular complexity index is 1240. The van der Waals surface area contributed by atoms with E-state index in [2.05, 4.69) is 16.3 Å². The van der Waals surface area contributed by atoms with Crippen LogP contribution in [0, 0.1) is 5.82 Å². The quantitative estimate of drug-likeness (QED) is 0.664. The maximum atomic E-state index is 15.1. The highest BCUT2D eigenvalue weighted by molar-refractivity contribution is 7.12. The van der Waals surface area contributed by atoms with Gasteiger partial charge in [0.1, 0.15) is 28.0 Å². The summed E-state index contributed by atoms with van der Waals surface area (Å²) in [5.41, 5.74) is 0.476. The molecule has 0 amide bonds. The van der Waals surface area contributed by atoms with Gasteiger partial charge in [-0.15, -0.1) is 0 Å². The highest BCUT2D eigenvalue weighted by Crippen LogP contribution is 2.43. The summed E-state index contributed by atoms with van der Waals surface area (Å²) in [5.74, 6) is -0.180. The number of halogens is 1. The van der Waals surface area contributed by atoms with Crippen LogP contribution in [0.1, 0.15) is 6.92 Å². The zero-order valence-corrected chi connectivity index (χ0v) is 15.4. The molecule has 1 saturated heterocycles. The van der Waals surface area contributed by atoms with E-state index in [1.54, 1.807) is 4.57 Å². The van der Waals surface area contributed by atoms with Crippen LogP contribution in [0.15, 0.2) is 22.2 Å². The topological polar surface area (TPSA) is 79.4 Å². The molecule has 4 heterocycles. The van der Waals surface area contributed by atoms with Crippen molar-refractivity contribution in [3.63, 3.8) is 0 Å². The smallest absolute Gasteiger partial charge is 0.271 e. The first-order valence-electron chi connectivity index (χ1n) is 8.69. The molecule has 27 heavy (non-hydrogen) atoms. The standard InChI is InChI=1S/C18H17FN4O3S/c1-8-6-22(4-3-20-8)14-11(19)5-10-13-16(14)26-7-9(2)23(13)18-12(15(10)24)17(25)21-27-18/h5,8,20H,2-4,6-7H2,1H3,(H,21,25). The summed E-state index contributed by atoms with van der Waals surface area (Å²) in [7, 11) is 0. The van der Waals surface area contributed by atoms with Crippen LogP contribution in [-0.2, 0) is 0 Å². The number of anilines is 1. The second kappa shape index (κ2) is 5.67. The minimum Gasteiger partial charge on any atom is -0.483 e. The van der Waals surface area contributed by atoms with E-state index in [-0.39, 0.29) is 23.4 Å². The molecule has 1 atom stereocenters. The summed E-state index contributed by atoms with van der Waals surface area (Å²) >= 11 is 1.08. The van der Waals surface area contributed by atoms with Crippen molar-refractivity contribution in [3.05, 3.63) is 39.0 Å². The molecule has 2 aliphatic rings. The van der Waals surface area contributed by atoms with Crippen LogP contribution in [0.25, 0.3) is 26.8 Å². The van der Waals surface area contributed by atoms with Crippen LogP contribution < -0.4 is 25.9 Å². The number of aromatic nitrogens is 2. The second-order valence-corrected chi connectivity index (χ2v) is 7.76. The van der Waals surface area contributed by atoms with Gasteiger partial charge in [-0.2, -0.15) is 0 Å². The van der Waals surface area contributed by atoms with Gasteiger partial charge in [0, 0.05) is 25.7 Å². The molecule has 1 aromatic carbocycles. The van der Waals surface area contributed by atoms with Crippen molar-refractivity contribution in [1.29, 1.82) is 0 Å². The van der Waals surface area contributed by atoms with Gasteiger partial charge in [-0.1, -0.05) is 6.58 Å². The first-order valence-corrected chi connectivity index (χ1v) is 9.50. The molecular formula is C18H17FN4O3S. The third kappa shape index (κ3) is 2.21. The fraction of sp³-hybridized carbons (Fsp3) is 0.333. The van der Waals surface area contributed by atoms with E-state index in [1.165, 1.54) is 6.07 Å². The Morgan fingerprint density at radius 1 is 1.41 bits per heavy atom. The Hall–Kier alpha value is -2.65. The maximum absolute atomic E-state index is 15.1. The van der Waals surface area contributed by atoms with E-state index in [4.69, 9.17) is 4.74 Å². The Kier molecular flexibility index (Phi) is 3.47. The van der Waals surface area contributed by atoms with Gasteiger partial charge in [0.05, 0.1) is 11.1 Å². The van der Waals surface area contributed by atoms with Crippen molar-refractivity contribution in [1.82, 2.24) is 14.3 Å². The van der Waals surface area contributed by atoms with Crippen molar-refractivity contribution in [2.45, 2.75) is 13.0 Å². The third-order valence-corrected chi connectivity index (χ3v) is 6.01. The van der Waals surface area contributed by atoms with Gasteiger partial charge < -0.3 is 15.0 Å². The number of fused-ring (bicyclic) bond motifs is 2. The molecule has 9 heteroatoms. The SMILES string of the molecule is C=C1COc2c(N3CCNC(C)C3)c(F)cc3c(=O)c4c(=O)[nH]sc4n1c23. The number of nitrogens with zero attached hydrogens (tertiary/aromatic N) is 2. The molecule has 1 unspecified atom stereocenters. The van der Waals surface area contributed by atoms with Gasteiger partial charge in [-0.3, -0.25) is 18.5 Å². The van der Waals surface area contributed by atoms with Crippen LogP contribution >= 0.6 is 11.5 Å². The van der Waals surface area contributed by atoms with E-state index < -0.39 is 16.8 Å². The molecule has 0 aliphatic carbocycles. The number of rotatable bonds is 1. The minimum atomic E-state index is -0.520. The highest BCUT2D eigenvalue weighted by Gasteiger charge is 2.31. The summed E-state index contributed by atoms with van der Waals surface area (Å²) in [6, 6.07) is 1.43. The van der Waals surface area contributed by atoms with Crippen LogP contribution in [0.4, 0.5) is 10.1 Å². The molecular weight excluding hydrogens is 371 g/mol. The number of pyridine rings is 1. The number of hydrogen-bond donors (Lipinski definition) is 2. The number of hydrogen-bond acceptors (Lipinski definition) is 6. The molecule has 2 aliphatic heterocycles. The molecule has 0 spiro atoms. The Balaban J connectivity index is 1.93. The fourth-order valence-electron chi connectivity index (χ4n) is 3.98. The average molecular weight is 388 g/mol. The number of piperazine rings is 1. The molecule has 0 saturated carbocycles. The summed E-state index contributed by atoms with van der Waals surface area (Å²) in [5, 5.41) is 3.50. The fourth-order valence-corrected chi connectivity index (χ4v) is 4.87. The molecule has 1 fully saturated rings. The zero-order chi connectivity index (χ0) is 18.9. The lowest BCUT2D eigenvalue weighted by Gasteiger charge is -2.36. The van der Waals surface area contributed by atoms with Gasteiger partial charge in [-0.25, -0.2) is 4.39 Å². The van der Waals surface area contributed by atoms with Gasteiger partial charge in [0.2, 0.25) is 5.43 Å². The van der Waals surface area contributed by atoms with E-state index in [9.17, 15) is 9.59 Å². The first kappa shape index (κ1) is 16.5. The lowest BCUT2D eigenvalue weighted by Crippen LogP contribution is -2.49. The zero-order valence-electron chi connectivity index (χ0n) is 14.6. The number of H-pyrrole nitrogens is 1. The first-order chi connectivity index (χ1) is 13.0. The van der Waals surface area contributed by atoms with E-state index in [1.807, 2.05) is 11.8 Å². The van der Waals surface area contributed by atoms with Crippen molar-refractivity contribution in [2.24, 2.45) is 0 Å². The Morgan fingerprint density at radius 2 is 2.22 bits per heavy atom. The average Bonchev–Trinajstić information content (AvgIpc) is 3.02. The van der Waals surface area contributed by atoms with E-state index in [0.29, 0.717) is 40.6 Å². The molecule has 0 radical (unpaired) electrons. The third-order valence-electron chi connectivity index (χ3n) is 5.15. The highest BCUT2D eigenvalue weighted by atomic mass is 32.1. The van der Waals surface area contributed by atoms with Crippen LogP contribution in [0.2, 0.25) is 0 Å². The molecule has 2 aromatic heterocycles. The second-order valence-electron chi connectivity index (χ2n) is 6.97. The summed E-state index contributed by atoms with van der Waals surface area (Å²) in [4.78, 5) is 27.5. The summed E-state index contributed by atoms with van der Waals surface area (Å²) < 4.78 is 25.4. The molecule has 2 N–H and O–H groups in total. The van der Waals surface area contributed by atoms with Crippen LogP contribution in [0.3, 0.4) is 0 Å². The summed E-state index contributed by atoms with van der Waals surface area (Å²) in [6.45, 7) is 8.20. The van der Waals surface area contributed by atoms with Crippen molar-refractivity contribution in [3.8, 4) is 5.75 Å². The van der Waals surface area contributed by atoms with Crippen molar-refractivity contribution in [2.75, 3.05) is 31.1 Å². The van der Waals surface area contributed by atoms with E-state index in [0.717, 1.165) is 18.1 Å². The van der Waals surface area contributed by atoms with Crippen molar-refractivity contribution >= 4 is 44.0 Å². The molecule has 140 valence electrons. The Labute approximate surface area is 156 Å². The predicted molar refractivity (Wildman–Crippen MR) is 105 cm³/mol. The molecule has 3 aromatic rings. The monoisotopic (exact) mass is 388 g/mol. The van der Waals surface area contributed by atoms with Crippen LogP contribution in [0.5, 0.6) is 5.75 Å². The Morgan fingerprint density at radius 3 is 3.00 bits per heavy atom. The number of ether oxygens (including phenoxy) is 1. The number of nitrogens with one attached hydrogen (secondary N) is 2. The van der Waals surface area contributed by atoms with E-state index >= 15 is 4.39 Å². The molecule has 7 nitrogen and oxygen atoms in total. The largest absolute Gasteiger partial charge is 0.483 e. The van der Waals surface area contributed by atoms with Gasteiger partial charge in [-0.05, 0) is 24.5 Å². The predicted octanol–water partition coefficient (Wildman–Crippen LogP) is 1.70. The van der Waals surface area contributed by atoms with Gasteiger partial charge >= 0.3 is 0 Å². The van der Waals surface area contributed by atoms with Crippen molar-refractivity contribution < 1.29 is 9.13 Å². The maximum Gasteiger partial charge on any atom is 0.271 e. The molecule has 5 rings (SSSR count). The number of benzene rings is 1. The molecule has 0 bridgehead atoms. The van der Waals surface area contributed by atoms with Gasteiger partial charge in [0.15, 0.2) is 11.6 Å². The normalized spacial score (nSPS) is 19.7.